The number of nitrogens with one attached hydrogen (secondary N) is 1. The van der Waals surface area contributed by atoms with Crippen molar-refractivity contribution in [3.05, 3.63) is 50.1 Å². The summed E-state index contributed by atoms with van der Waals surface area (Å²) in [5.41, 5.74) is 3.86. The van der Waals surface area contributed by atoms with Gasteiger partial charge in [-0.15, -0.1) is 11.3 Å². The molecule has 1 saturated heterocycles. The van der Waals surface area contributed by atoms with E-state index in [1.54, 1.807) is 16.4 Å². The molecule has 0 radical (unpaired) electrons. The van der Waals surface area contributed by atoms with Gasteiger partial charge in [0, 0.05) is 30.6 Å². The summed E-state index contributed by atoms with van der Waals surface area (Å²) in [6.07, 6.45) is 2.49. The zero-order chi connectivity index (χ0) is 25.4. The van der Waals surface area contributed by atoms with Gasteiger partial charge in [0.15, 0.2) is 5.16 Å². The Morgan fingerprint density at radius 3 is 2.86 bits per heavy atom. The van der Waals surface area contributed by atoms with Gasteiger partial charge in [0.05, 0.1) is 30.3 Å². The molecule has 1 aromatic carbocycles. The number of hydrogen-bond acceptors (Lipinski definition) is 7. The minimum atomic E-state index is -0.146. The topological polar surface area (TPSA) is 93.5 Å². The molecule has 2 aliphatic heterocycles. The van der Waals surface area contributed by atoms with Crippen LogP contribution < -0.4 is 10.9 Å². The number of ether oxygens (including phenoxy) is 1. The van der Waals surface area contributed by atoms with Crippen LogP contribution in [0.3, 0.4) is 0 Å². The Balaban J connectivity index is 1.44. The minimum absolute atomic E-state index is 0.0343. The summed E-state index contributed by atoms with van der Waals surface area (Å²) in [5, 5.41) is 4.15. The number of carbonyl (C=O) groups is 2. The van der Waals surface area contributed by atoms with Crippen LogP contribution in [0.4, 0.5) is 5.69 Å². The molecule has 1 atom stereocenters. The van der Waals surface area contributed by atoms with Gasteiger partial charge in [0.1, 0.15) is 4.83 Å². The first-order valence-corrected chi connectivity index (χ1v) is 14.0. The fourth-order valence-corrected chi connectivity index (χ4v) is 6.94. The quantitative estimate of drug-likeness (QED) is 0.387. The lowest BCUT2D eigenvalue weighted by Crippen LogP contribution is -2.34. The molecule has 1 N–H and O–H groups in total. The molecule has 3 aromatic rings. The highest BCUT2D eigenvalue weighted by atomic mass is 32.2. The second kappa shape index (κ2) is 10.4. The molecular weight excluding hydrogens is 496 g/mol. The van der Waals surface area contributed by atoms with Crippen molar-refractivity contribution < 1.29 is 14.3 Å². The summed E-state index contributed by atoms with van der Waals surface area (Å²) in [4.78, 5) is 46.8. The fraction of sp³-hybridized carbons (Fsp3) is 0.462. The number of thiophene rings is 1. The summed E-state index contributed by atoms with van der Waals surface area (Å²) in [6.45, 7) is 7.80. The molecule has 190 valence electrons. The number of thioether (sulfide) groups is 1. The number of nitrogens with zero attached hydrogens (tertiary/aromatic N) is 3. The zero-order valence-electron chi connectivity index (χ0n) is 20.8. The van der Waals surface area contributed by atoms with Gasteiger partial charge in [-0.05, 0) is 50.3 Å². The van der Waals surface area contributed by atoms with Gasteiger partial charge in [-0.2, -0.15) is 0 Å². The Morgan fingerprint density at radius 2 is 2.14 bits per heavy atom. The predicted molar refractivity (Wildman–Crippen MR) is 143 cm³/mol. The van der Waals surface area contributed by atoms with Crippen LogP contribution >= 0.6 is 23.1 Å². The van der Waals surface area contributed by atoms with E-state index in [-0.39, 0.29) is 29.2 Å². The molecule has 4 heterocycles. The molecule has 0 saturated carbocycles. The highest BCUT2D eigenvalue weighted by molar-refractivity contribution is 7.99. The minimum Gasteiger partial charge on any atom is -0.376 e. The van der Waals surface area contributed by atoms with Crippen molar-refractivity contribution in [2.45, 2.75) is 64.4 Å². The van der Waals surface area contributed by atoms with E-state index in [0.29, 0.717) is 48.0 Å². The first kappa shape index (κ1) is 25.0. The highest BCUT2D eigenvalue weighted by Gasteiger charge is 2.27. The van der Waals surface area contributed by atoms with Crippen LogP contribution in [0.15, 0.2) is 28.2 Å². The normalized spacial score (nSPS) is 17.4. The summed E-state index contributed by atoms with van der Waals surface area (Å²) >= 11 is 2.75. The van der Waals surface area contributed by atoms with E-state index in [4.69, 9.17) is 9.72 Å². The standard InChI is InChI=1S/C26H30N4O4S2/c1-15-6-7-20(16(2)11-15)27-22(32)14-35-26-28-24-23(25(33)30(26)12-18-5-4-10-34-18)19-8-9-29(17(3)31)13-21(19)36-24/h6-7,11,18H,4-5,8-10,12-14H2,1-3H3,(H,27,32)/t18-/m0/s1. The average Bonchev–Trinajstić information content (AvgIpc) is 3.48. The number of aromatic nitrogens is 2. The zero-order valence-corrected chi connectivity index (χ0v) is 22.4. The third-order valence-electron chi connectivity index (χ3n) is 6.77. The summed E-state index contributed by atoms with van der Waals surface area (Å²) in [7, 11) is 0. The van der Waals surface area contributed by atoms with E-state index in [0.717, 1.165) is 40.1 Å². The van der Waals surface area contributed by atoms with E-state index in [1.807, 2.05) is 32.0 Å². The van der Waals surface area contributed by atoms with Crippen LogP contribution in [0.1, 0.15) is 41.3 Å². The van der Waals surface area contributed by atoms with Crippen LogP contribution in [-0.2, 0) is 33.8 Å². The van der Waals surface area contributed by atoms with Crippen LogP contribution in [0, 0.1) is 13.8 Å². The van der Waals surface area contributed by atoms with E-state index < -0.39 is 0 Å². The lowest BCUT2D eigenvalue weighted by atomic mass is 10.1. The van der Waals surface area contributed by atoms with Gasteiger partial charge in [0.2, 0.25) is 11.8 Å². The second-order valence-electron chi connectivity index (χ2n) is 9.47. The SMILES string of the molecule is CC(=O)N1CCc2c(sc3nc(SCC(=O)Nc4ccc(C)cc4C)n(C[C@@H]4CCCO4)c(=O)c23)C1. The van der Waals surface area contributed by atoms with Crippen LogP contribution in [0.25, 0.3) is 10.2 Å². The molecule has 0 bridgehead atoms. The maximum atomic E-state index is 13.8. The Morgan fingerprint density at radius 1 is 1.31 bits per heavy atom. The number of anilines is 1. The van der Waals surface area contributed by atoms with Crippen molar-refractivity contribution in [2.75, 3.05) is 24.2 Å². The van der Waals surface area contributed by atoms with Crippen molar-refractivity contribution in [2.24, 2.45) is 0 Å². The number of benzene rings is 1. The number of carbonyl (C=O) groups excluding carboxylic acids is 2. The smallest absolute Gasteiger partial charge is 0.263 e. The van der Waals surface area contributed by atoms with E-state index >= 15 is 0 Å². The third kappa shape index (κ3) is 5.07. The maximum Gasteiger partial charge on any atom is 0.263 e. The average molecular weight is 527 g/mol. The summed E-state index contributed by atoms with van der Waals surface area (Å²) in [6, 6.07) is 5.91. The number of aryl methyl sites for hydroxylation is 2. The predicted octanol–water partition coefficient (Wildman–Crippen LogP) is 3.89. The Hall–Kier alpha value is -2.69. The number of amides is 2. The van der Waals surface area contributed by atoms with Gasteiger partial charge in [-0.1, -0.05) is 29.5 Å². The van der Waals surface area contributed by atoms with Crippen LogP contribution in [0.5, 0.6) is 0 Å². The van der Waals surface area contributed by atoms with Gasteiger partial charge >= 0.3 is 0 Å². The van der Waals surface area contributed by atoms with Crippen LogP contribution in [-0.4, -0.2) is 51.3 Å². The van der Waals surface area contributed by atoms with Gasteiger partial charge < -0.3 is 15.0 Å². The molecular formula is C26H30N4O4S2. The lowest BCUT2D eigenvalue weighted by molar-refractivity contribution is -0.129. The van der Waals surface area contributed by atoms with E-state index in [9.17, 15) is 14.4 Å². The van der Waals surface area contributed by atoms with Crippen molar-refractivity contribution in [1.82, 2.24) is 14.5 Å². The van der Waals surface area contributed by atoms with Crippen LogP contribution in [0.2, 0.25) is 0 Å². The number of rotatable bonds is 6. The maximum absolute atomic E-state index is 13.8. The molecule has 0 unspecified atom stereocenters. The van der Waals surface area contributed by atoms with Gasteiger partial charge in [0.25, 0.3) is 5.56 Å². The first-order chi connectivity index (χ1) is 17.3. The van der Waals surface area contributed by atoms with Crippen molar-refractivity contribution in [3.8, 4) is 0 Å². The molecule has 0 spiro atoms. The molecule has 36 heavy (non-hydrogen) atoms. The Bertz CT molecular complexity index is 1390. The number of hydrogen-bond donors (Lipinski definition) is 1. The lowest BCUT2D eigenvalue weighted by Gasteiger charge is -2.25. The first-order valence-electron chi connectivity index (χ1n) is 12.2. The largest absolute Gasteiger partial charge is 0.376 e. The molecule has 0 aliphatic carbocycles. The molecule has 10 heteroatoms. The molecule has 2 aromatic heterocycles. The van der Waals surface area contributed by atoms with Gasteiger partial charge in [-0.25, -0.2) is 4.98 Å². The third-order valence-corrected chi connectivity index (χ3v) is 8.86. The molecule has 5 rings (SSSR count). The molecule has 2 amide bonds. The van der Waals surface area contributed by atoms with Crippen molar-refractivity contribution in [1.29, 1.82) is 0 Å². The Kier molecular flexibility index (Phi) is 7.18. The fourth-order valence-electron chi connectivity index (χ4n) is 4.86. The summed E-state index contributed by atoms with van der Waals surface area (Å²) in [5.74, 6) is 0.0282. The van der Waals surface area contributed by atoms with E-state index in [2.05, 4.69) is 5.32 Å². The van der Waals surface area contributed by atoms with Crippen molar-refractivity contribution >= 4 is 50.8 Å². The van der Waals surface area contributed by atoms with E-state index in [1.165, 1.54) is 23.1 Å². The monoisotopic (exact) mass is 526 g/mol. The van der Waals surface area contributed by atoms with Crippen molar-refractivity contribution in [3.63, 3.8) is 0 Å². The second-order valence-corrected chi connectivity index (χ2v) is 11.5. The molecule has 2 aliphatic rings. The summed E-state index contributed by atoms with van der Waals surface area (Å²) < 4.78 is 7.52. The molecule has 1 fully saturated rings. The molecule has 8 nitrogen and oxygen atoms in total. The number of fused-ring (bicyclic) bond motifs is 3. The highest BCUT2D eigenvalue weighted by Crippen LogP contribution is 2.34. The van der Waals surface area contributed by atoms with Gasteiger partial charge in [-0.3, -0.25) is 19.0 Å². The Labute approximate surface area is 218 Å².